The Morgan fingerprint density at radius 2 is 2.25 bits per heavy atom. The van der Waals surface area contributed by atoms with E-state index in [-0.39, 0.29) is 0 Å². The minimum atomic E-state index is 0.735. The van der Waals surface area contributed by atoms with Gasteiger partial charge in [0.2, 0.25) is 0 Å². The maximum Gasteiger partial charge on any atom is 0.119 e. The van der Waals surface area contributed by atoms with Crippen molar-refractivity contribution in [2.24, 2.45) is 5.92 Å². The number of ether oxygens (including phenoxy) is 1. The standard InChI is InChI=1S/C14H21NO/c1-2-16-14-8-4-7-13(9-14)11-15-10-12-5-3-6-12/h4,7-9,12,15H,2-3,5-6,10-11H2,1H3. The summed E-state index contributed by atoms with van der Waals surface area (Å²) in [6.45, 7) is 4.87. The van der Waals surface area contributed by atoms with Crippen molar-refractivity contribution in [2.45, 2.75) is 32.7 Å². The van der Waals surface area contributed by atoms with Gasteiger partial charge in [0.1, 0.15) is 5.75 Å². The summed E-state index contributed by atoms with van der Waals surface area (Å²) < 4.78 is 5.48. The monoisotopic (exact) mass is 219 g/mol. The van der Waals surface area contributed by atoms with Gasteiger partial charge in [-0.05, 0) is 49.9 Å². The summed E-state index contributed by atoms with van der Waals surface area (Å²) in [6.07, 6.45) is 4.24. The molecular formula is C14H21NO. The first-order chi connectivity index (χ1) is 7.88. The van der Waals surface area contributed by atoms with E-state index in [1.807, 2.05) is 13.0 Å². The summed E-state index contributed by atoms with van der Waals surface area (Å²) in [6, 6.07) is 8.35. The zero-order valence-corrected chi connectivity index (χ0v) is 10.0. The molecule has 1 saturated carbocycles. The molecule has 0 bridgehead atoms. The van der Waals surface area contributed by atoms with Crippen LogP contribution in [0.5, 0.6) is 5.75 Å². The lowest BCUT2D eigenvalue weighted by atomic mass is 9.85. The van der Waals surface area contributed by atoms with Crippen LogP contribution in [0.3, 0.4) is 0 Å². The second-order valence-electron chi connectivity index (χ2n) is 4.51. The van der Waals surface area contributed by atoms with E-state index in [0.717, 1.165) is 24.8 Å². The molecule has 2 heteroatoms. The molecule has 0 heterocycles. The molecule has 1 aliphatic carbocycles. The molecule has 2 nitrogen and oxygen atoms in total. The Bertz CT molecular complexity index is 320. The van der Waals surface area contributed by atoms with Gasteiger partial charge in [-0.1, -0.05) is 18.6 Å². The van der Waals surface area contributed by atoms with Crippen molar-refractivity contribution in [3.05, 3.63) is 29.8 Å². The minimum absolute atomic E-state index is 0.735. The smallest absolute Gasteiger partial charge is 0.119 e. The van der Waals surface area contributed by atoms with Gasteiger partial charge in [-0.3, -0.25) is 0 Å². The lowest BCUT2D eigenvalue weighted by Gasteiger charge is -2.25. The van der Waals surface area contributed by atoms with Gasteiger partial charge in [0, 0.05) is 6.54 Å². The average molecular weight is 219 g/mol. The SMILES string of the molecule is CCOc1cccc(CNCC2CCC2)c1. The second-order valence-corrected chi connectivity index (χ2v) is 4.51. The minimum Gasteiger partial charge on any atom is -0.494 e. The molecule has 0 atom stereocenters. The summed E-state index contributed by atoms with van der Waals surface area (Å²) in [5.74, 6) is 1.90. The Morgan fingerprint density at radius 3 is 2.94 bits per heavy atom. The van der Waals surface area contributed by atoms with Crippen molar-refractivity contribution in [1.29, 1.82) is 0 Å². The maximum absolute atomic E-state index is 5.48. The molecule has 1 aromatic carbocycles. The van der Waals surface area contributed by atoms with Crippen LogP contribution in [0, 0.1) is 5.92 Å². The molecule has 0 radical (unpaired) electrons. The average Bonchev–Trinajstić information content (AvgIpc) is 2.23. The molecule has 0 aliphatic heterocycles. The molecule has 0 unspecified atom stereocenters. The van der Waals surface area contributed by atoms with Crippen LogP contribution < -0.4 is 10.1 Å². The predicted octanol–water partition coefficient (Wildman–Crippen LogP) is 2.98. The third kappa shape index (κ3) is 3.24. The fourth-order valence-corrected chi connectivity index (χ4v) is 2.03. The van der Waals surface area contributed by atoms with Gasteiger partial charge in [-0.2, -0.15) is 0 Å². The zero-order chi connectivity index (χ0) is 11.2. The molecule has 16 heavy (non-hydrogen) atoms. The molecule has 88 valence electrons. The molecule has 1 aliphatic rings. The van der Waals surface area contributed by atoms with Gasteiger partial charge >= 0.3 is 0 Å². The first-order valence-corrected chi connectivity index (χ1v) is 6.31. The van der Waals surface area contributed by atoms with E-state index >= 15 is 0 Å². The van der Waals surface area contributed by atoms with Gasteiger partial charge in [-0.25, -0.2) is 0 Å². The second kappa shape index (κ2) is 5.90. The van der Waals surface area contributed by atoms with Crippen molar-refractivity contribution in [3.63, 3.8) is 0 Å². The largest absolute Gasteiger partial charge is 0.494 e. The van der Waals surface area contributed by atoms with E-state index in [2.05, 4.69) is 23.5 Å². The van der Waals surface area contributed by atoms with Crippen LogP contribution >= 0.6 is 0 Å². The highest BCUT2D eigenvalue weighted by molar-refractivity contribution is 5.28. The van der Waals surface area contributed by atoms with Crippen LogP contribution in [0.2, 0.25) is 0 Å². The lowest BCUT2D eigenvalue weighted by molar-refractivity contribution is 0.301. The number of hydrogen-bond acceptors (Lipinski definition) is 2. The van der Waals surface area contributed by atoms with Crippen LogP contribution in [0.25, 0.3) is 0 Å². The van der Waals surface area contributed by atoms with E-state index in [9.17, 15) is 0 Å². The van der Waals surface area contributed by atoms with Crippen molar-refractivity contribution in [3.8, 4) is 5.75 Å². The Balaban J connectivity index is 1.76. The molecule has 0 amide bonds. The highest BCUT2D eigenvalue weighted by Crippen LogP contribution is 2.25. The molecular weight excluding hydrogens is 198 g/mol. The number of hydrogen-bond donors (Lipinski definition) is 1. The van der Waals surface area contributed by atoms with Gasteiger partial charge in [-0.15, -0.1) is 0 Å². The van der Waals surface area contributed by atoms with Gasteiger partial charge < -0.3 is 10.1 Å². The van der Waals surface area contributed by atoms with Gasteiger partial charge in [0.25, 0.3) is 0 Å². The van der Waals surface area contributed by atoms with Crippen LogP contribution in [-0.4, -0.2) is 13.2 Å². The summed E-state index contributed by atoms with van der Waals surface area (Å²) in [4.78, 5) is 0. The van der Waals surface area contributed by atoms with E-state index in [1.165, 1.54) is 31.4 Å². The summed E-state index contributed by atoms with van der Waals surface area (Å²) in [7, 11) is 0. The Hall–Kier alpha value is -1.02. The highest BCUT2D eigenvalue weighted by atomic mass is 16.5. The number of nitrogens with one attached hydrogen (secondary N) is 1. The topological polar surface area (TPSA) is 21.3 Å². The lowest BCUT2D eigenvalue weighted by Crippen LogP contribution is -2.26. The molecule has 2 rings (SSSR count). The van der Waals surface area contributed by atoms with Crippen molar-refractivity contribution in [1.82, 2.24) is 5.32 Å². The van der Waals surface area contributed by atoms with Gasteiger partial charge in [0.15, 0.2) is 0 Å². The van der Waals surface area contributed by atoms with Crippen LogP contribution in [0.1, 0.15) is 31.7 Å². The number of rotatable bonds is 6. The van der Waals surface area contributed by atoms with Crippen LogP contribution in [-0.2, 0) is 6.54 Å². The van der Waals surface area contributed by atoms with E-state index in [0.29, 0.717) is 0 Å². The fourth-order valence-electron chi connectivity index (χ4n) is 2.03. The summed E-state index contributed by atoms with van der Waals surface area (Å²) in [5, 5.41) is 3.52. The molecule has 0 saturated heterocycles. The maximum atomic E-state index is 5.48. The molecule has 0 aromatic heterocycles. The zero-order valence-electron chi connectivity index (χ0n) is 10.0. The number of benzene rings is 1. The van der Waals surface area contributed by atoms with Crippen molar-refractivity contribution < 1.29 is 4.74 Å². The normalized spacial score (nSPS) is 15.8. The van der Waals surface area contributed by atoms with Crippen LogP contribution in [0.15, 0.2) is 24.3 Å². The highest BCUT2D eigenvalue weighted by Gasteiger charge is 2.16. The molecule has 1 N–H and O–H groups in total. The molecule has 1 fully saturated rings. The Labute approximate surface area is 98.0 Å². The van der Waals surface area contributed by atoms with E-state index in [1.54, 1.807) is 0 Å². The van der Waals surface area contributed by atoms with E-state index in [4.69, 9.17) is 4.74 Å². The Kier molecular flexibility index (Phi) is 4.23. The first kappa shape index (κ1) is 11.5. The Morgan fingerprint density at radius 1 is 1.38 bits per heavy atom. The third-order valence-corrected chi connectivity index (χ3v) is 3.20. The van der Waals surface area contributed by atoms with Crippen molar-refractivity contribution in [2.75, 3.05) is 13.2 Å². The van der Waals surface area contributed by atoms with Crippen molar-refractivity contribution >= 4 is 0 Å². The molecule has 0 spiro atoms. The fraction of sp³-hybridized carbons (Fsp3) is 0.571. The predicted molar refractivity (Wildman–Crippen MR) is 66.7 cm³/mol. The van der Waals surface area contributed by atoms with Crippen LogP contribution in [0.4, 0.5) is 0 Å². The molecule has 1 aromatic rings. The summed E-state index contributed by atoms with van der Waals surface area (Å²) >= 11 is 0. The van der Waals surface area contributed by atoms with Gasteiger partial charge in [0.05, 0.1) is 6.61 Å². The summed E-state index contributed by atoms with van der Waals surface area (Å²) in [5.41, 5.74) is 1.31. The van der Waals surface area contributed by atoms with E-state index < -0.39 is 0 Å². The third-order valence-electron chi connectivity index (χ3n) is 3.20. The first-order valence-electron chi connectivity index (χ1n) is 6.31. The quantitative estimate of drug-likeness (QED) is 0.794.